The van der Waals surface area contributed by atoms with Crippen molar-refractivity contribution < 1.29 is 31.1 Å². The van der Waals surface area contributed by atoms with Crippen molar-refractivity contribution in [2.75, 3.05) is 5.32 Å². The van der Waals surface area contributed by atoms with Gasteiger partial charge in [0.15, 0.2) is 0 Å². The molecule has 0 aliphatic carbocycles. The number of amides is 1. The van der Waals surface area contributed by atoms with Crippen LogP contribution in [0.2, 0.25) is 0 Å². The molecule has 0 saturated carbocycles. The summed E-state index contributed by atoms with van der Waals surface area (Å²) in [5.41, 5.74) is -7.93. The van der Waals surface area contributed by atoms with Crippen molar-refractivity contribution in [2.24, 2.45) is 0 Å². The lowest BCUT2D eigenvalue weighted by molar-refractivity contribution is -0.115. The van der Waals surface area contributed by atoms with Crippen LogP contribution in [0.4, 0.5) is 32.0 Å². The summed E-state index contributed by atoms with van der Waals surface area (Å²) >= 11 is -0.505. The Morgan fingerprint density at radius 1 is 0.769 bits per heavy atom. The van der Waals surface area contributed by atoms with Gasteiger partial charge in [-0.15, -0.1) is 0 Å². The molecule has 0 radical (unpaired) electrons. The zero-order valence-electron chi connectivity index (χ0n) is 12.8. The lowest BCUT2D eigenvalue weighted by Crippen LogP contribution is -2.14. The van der Waals surface area contributed by atoms with Crippen LogP contribution in [0.5, 0.6) is 0 Å². The molecule has 1 amide bonds. The van der Waals surface area contributed by atoms with Gasteiger partial charge in [0.2, 0.25) is 5.91 Å². The molecule has 2 aromatic rings. The Labute approximate surface area is 153 Å². The molecular formula is C16H11F6NOS2. The number of carbonyl (C=O) groups excluding carboxylic acids is 1. The molecule has 0 unspecified atom stereocenters. The smallest absolute Gasteiger partial charge is 0.326 e. The van der Waals surface area contributed by atoms with Gasteiger partial charge in [-0.05, 0) is 65.5 Å². The van der Waals surface area contributed by atoms with Crippen molar-refractivity contribution in [3.05, 3.63) is 54.1 Å². The Balaban J connectivity index is 1.90. The Kier molecular flexibility index (Phi) is 6.51. The zero-order chi connectivity index (χ0) is 19.4. The summed E-state index contributed by atoms with van der Waals surface area (Å²) in [5.74, 6) is -0.433. The Bertz CT molecular complexity index is 678. The van der Waals surface area contributed by atoms with Crippen molar-refractivity contribution in [3.8, 4) is 0 Å². The van der Waals surface area contributed by atoms with Gasteiger partial charge in [0.25, 0.3) is 0 Å². The Morgan fingerprint density at radius 2 is 1.19 bits per heavy atom. The molecule has 0 heterocycles. The van der Waals surface area contributed by atoms with E-state index in [1.807, 2.05) is 0 Å². The van der Waals surface area contributed by atoms with Gasteiger partial charge in [0.05, 0.1) is 6.42 Å². The van der Waals surface area contributed by atoms with E-state index in [2.05, 4.69) is 5.32 Å². The Hall–Kier alpha value is -1.81. The second kappa shape index (κ2) is 8.26. The molecule has 2 aromatic carbocycles. The minimum atomic E-state index is -4.39. The summed E-state index contributed by atoms with van der Waals surface area (Å²) in [4.78, 5) is 11.9. The molecule has 0 bridgehead atoms. The maximum atomic E-state index is 12.2. The molecule has 0 aromatic heterocycles. The predicted octanol–water partition coefficient (Wildman–Crippen LogP) is 6.09. The number of halogens is 6. The SMILES string of the molecule is O=C(Cc1ccc(SC(F)(F)F)cc1)Nc1ccc(SC(F)(F)F)cc1. The summed E-state index contributed by atoms with van der Waals surface area (Å²) in [6, 6.07) is 10.5. The van der Waals surface area contributed by atoms with E-state index in [9.17, 15) is 31.1 Å². The number of hydrogen-bond acceptors (Lipinski definition) is 3. The van der Waals surface area contributed by atoms with E-state index in [0.717, 1.165) is 0 Å². The third-order valence-electron chi connectivity index (χ3n) is 2.89. The summed E-state index contributed by atoms with van der Waals surface area (Å²) in [5, 5.41) is 2.52. The van der Waals surface area contributed by atoms with Crippen LogP contribution in [0.1, 0.15) is 5.56 Å². The van der Waals surface area contributed by atoms with Crippen LogP contribution in [0.15, 0.2) is 58.3 Å². The molecule has 2 rings (SSSR count). The first-order valence-corrected chi connectivity index (χ1v) is 8.64. The van der Waals surface area contributed by atoms with Crippen molar-refractivity contribution in [1.29, 1.82) is 0 Å². The van der Waals surface area contributed by atoms with E-state index in [4.69, 9.17) is 0 Å². The van der Waals surface area contributed by atoms with Crippen molar-refractivity contribution in [1.82, 2.24) is 0 Å². The number of hydrogen-bond donors (Lipinski definition) is 1. The highest BCUT2D eigenvalue weighted by Crippen LogP contribution is 2.37. The number of alkyl halides is 6. The molecule has 0 aliphatic heterocycles. The average Bonchev–Trinajstić information content (AvgIpc) is 2.48. The molecule has 2 nitrogen and oxygen atoms in total. The average molecular weight is 411 g/mol. The second-order valence-corrected chi connectivity index (χ2v) is 7.27. The molecule has 0 saturated heterocycles. The highest BCUT2D eigenvalue weighted by atomic mass is 32.2. The normalized spacial score (nSPS) is 12.1. The van der Waals surface area contributed by atoms with Gasteiger partial charge in [0, 0.05) is 15.5 Å². The van der Waals surface area contributed by atoms with E-state index in [1.54, 1.807) is 0 Å². The summed E-state index contributed by atoms with van der Waals surface area (Å²) in [6.07, 6.45) is -0.0734. The summed E-state index contributed by atoms with van der Waals surface area (Å²) < 4.78 is 73.5. The van der Waals surface area contributed by atoms with Crippen LogP contribution in [-0.2, 0) is 11.2 Å². The third-order valence-corrected chi connectivity index (χ3v) is 4.37. The lowest BCUT2D eigenvalue weighted by Gasteiger charge is -2.09. The standard InChI is InChI=1S/C16H11F6NOS2/c17-15(18,19)25-12-5-1-10(2-6-12)9-14(24)23-11-3-7-13(8-4-11)26-16(20,21)22/h1-8H,9H2,(H,23,24). The fourth-order valence-electron chi connectivity index (χ4n) is 1.94. The number of thioether (sulfide) groups is 2. The first kappa shape index (κ1) is 20.5. The van der Waals surface area contributed by atoms with Crippen molar-refractivity contribution in [2.45, 2.75) is 27.2 Å². The van der Waals surface area contributed by atoms with Crippen LogP contribution in [0.3, 0.4) is 0 Å². The summed E-state index contributed by atoms with van der Waals surface area (Å²) in [6.45, 7) is 0. The predicted molar refractivity (Wildman–Crippen MR) is 89.0 cm³/mol. The largest absolute Gasteiger partial charge is 0.446 e. The van der Waals surface area contributed by atoms with Crippen molar-refractivity contribution >= 4 is 35.1 Å². The number of benzene rings is 2. The maximum absolute atomic E-state index is 12.2. The van der Waals surface area contributed by atoms with Gasteiger partial charge >= 0.3 is 11.0 Å². The fourth-order valence-corrected chi connectivity index (χ4v) is 3.02. The molecule has 1 N–H and O–H groups in total. The first-order chi connectivity index (χ1) is 12.0. The number of anilines is 1. The van der Waals surface area contributed by atoms with Crippen LogP contribution in [0.25, 0.3) is 0 Å². The highest BCUT2D eigenvalue weighted by molar-refractivity contribution is 8.00. The van der Waals surface area contributed by atoms with E-state index >= 15 is 0 Å². The molecule has 10 heteroatoms. The molecule has 0 spiro atoms. The molecule has 140 valence electrons. The molecular weight excluding hydrogens is 400 g/mol. The molecule has 0 fully saturated rings. The van der Waals surface area contributed by atoms with E-state index in [0.29, 0.717) is 11.3 Å². The fraction of sp³-hybridized carbons (Fsp3) is 0.188. The summed E-state index contributed by atoms with van der Waals surface area (Å²) in [7, 11) is 0. The molecule has 26 heavy (non-hydrogen) atoms. The topological polar surface area (TPSA) is 29.1 Å². The zero-order valence-corrected chi connectivity index (χ0v) is 14.5. The lowest BCUT2D eigenvalue weighted by atomic mass is 10.1. The number of carbonyl (C=O) groups is 1. The van der Waals surface area contributed by atoms with E-state index in [1.165, 1.54) is 48.5 Å². The number of nitrogens with one attached hydrogen (secondary N) is 1. The van der Waals surface area contributed by atoms with Crippen LogP contribution >= 0.6 is 23.5 Å². The van der Waals surface area contributed by atoms with Gasteiger partial charge < -0.3 is 5.32 Å². The molecule has 0 aliphatic rings. The first-order valence-electron chi connectivity index (χ1n) is 7.00. The van der Waals surface area contributed by atoms with Gasteiger partial charge in [-0.2, -0.15) is 26.3 Å². The van der Waals surface area contributed by atoms with Gasteiger partial charge in [-0.3, -0.25) is 4.79 Å². The maximum Gasteiger partial charge on any atom is 0.446 e. The van der Waals surface area contributed by atoms with Crippen molar-refractivity contribution in [3.63, 3.8) is 0 Å². The minimum absolute atomic E-state index is 0.00625. The number of rotatable bonds is 5. The van der Waals surface area contributed by atoms with Crippen LogP contribution < -0.4 is 5.32 Å². The second-order valence-electron chi connectivity index (χ2n) is 4.99. The van der Waals surface area contributed by atoms with E-state index in [-0.39, 0.29) is 39.7 Å². The third kappa shape index (κ3) is 7.61. The van der Waals surface area contributed by atoms with Crippen LogP contribution in [-0.4, -0.2) is 16.9 Å². The quantitative estimate of drug-likeness (QED) is 0.477. The van der Waals surface area contributed by atoms with Crippen LogP contribution in [0, 0.1) is 0 Å². The monoisotopic (exact) mass is 411 g/mol. The molecule has 0 atom stereocenters. The Morgan fingerprint density at radius 3 is 1.62 bits per heavy atom. The minimum Gasteiger partial charge on any atom is -0.326 e. The highest BCUT2D eigenvalue weighted by Gasteiger charge is 2.29. The van der Waals surface area contributed by atoms with Gasteiger partial charge in [-0.1, -0.05) is 12.1 Å². The van der Waals surface area contributed by atoms with E-state index < -0.39 is 16.9 Å². The van der Waals surface area contributed by atoms with Gasteiger partial charge in [-0.25, -0.2) is 0 Å². The van der Waals surface area contributed by atoms with Gasteiger partial charge in [0.1, 0.15) is 0 Å².